The number of para-hydroxylation sites is 1. The largest absolute Gasteiger partial charge is 0.489 e. The van der Waals surface area contributed by atoms with Crippen LogP contribution in [-0.2, 0) is 9.53 Å². The molecule has 0 saturated carbocycles. The number of nitriles is 1. The van der Waals surface area contributed by atoms with E-state index in [1.807, 2.05) is 24.3 Å². The second-order valence-corrected chi connectivity index (χ2v) is 4.17. The average Bonchev–Trinajstić information content (AvgIpc) is 2.68. The maximum absolute atomic E-state index is 11.5. The normalized spacial score (nSPS) is 20.7. The fraction of sp³-hybridized carbons (Fsp3) is 0.429. The van der Waals surface area contributed by atoms with Gasteiger partial charge >= 0.3 is 5.97 Å². The lowest BCUT2D eigenvalue weighted by Crippen LogP contribution is -2.23. The summed E-state index contributed by atoms with van der Waals surface area (Å²) in [5, 5.41) is 8.89. The third-order valence-electron chi connectivity index (χ3n) is 3.03. The first kappa shape index (κ1) is 12.4. The van der Waals surface area contributed by atoms with Crippen LogP contribution < -0.4 is 4.74 Å². The zero-order chi connectivity index (χ0) is 13.0. The number of hydrogen-bond acceptors (Lipinski definition) is 4. The fourth-order valence-electron chi connectivity index (χ4n) is 2.25. The van der Waals surface area contributed by atoms with Gasteiger partial charge in [-0.15, -0.1) is 0 Å². The summed E-state index contributed by atoms with van der Waals surface area (Å²) < 4.78 is 10.7. The Kier molecular flexibility index (Phi) is 3.83. The van der Waals surface area contributed by atoms with Crippen LogP contribution in [0.15, 0.2) is 24.3 Å². The molecule has 1 aliphatic rings. The molecule has 2 rings (SSSR count). The highest BCUT2D eigenvalue weighted by atomic mass is 16.5. The third-order valence-corrected chi connectivity index (χ3v) is 3.03. The van der Waals surface area contributed by atoms with E-state index in [1.165, 1.54) is 0 Å². The second-order valence-electron chi connectivity index (χ2n) is 4.17. The summed E-state index contributed by atoms with van der Waals surface area (Å²) in [6.07, 6.45) is 0.247. The maximum Gasteiger partial charge on any atom is 0.309 e. The predicted molar refractivity (Wildman–Crippen MR) is 65.1 cm³/mol. The maximum atomic E-state index is 11.5. The lowest BCUT2D eigenvalue weighted by atomic mass is 9.91. The SMILES string of the molecule is CCOC(=O)CC1Oc2ccccc2C1CC#N. The van der Waals surface area contributed by atoms with E-state index in [9.17, 15) is 4.79 Å². The zero-order valence-corrected chi connectivity index (χ0v) is 10.3. The van der Waals surface area contributed by atoms with Gasteiger partial charge in [0.1, 0.15) is 11.9 Å². The monoisotopic (exact) mass is 245 g/mol. The van der Waals surface area contributed by atoms with Gasteiger partial charge in [0.25, 0.3) is 0 Å². The number of esters is 1. The topological polar surface area (TPSA) is 59.3 Å². The van der Waals surface area contributed by atoms with Gasteiger partial charge in [-0.25, -0.2) is 0 Å². The smallest absolute Gasteiger partial charge is 0.309 e. The summed E-state index contributed by atoms with van der Waals surface area (Å²) in [6.45, 7) is 2.14. The van der Waals surface area contributed by atoms with Crippen LogP contribution in [0, 0.1) is 11.3 Å². The minimum atomic E-state index is -0.291. The van der Waals surface area contributed by atoms with Crippen molar-refractivity contribution in [3.05, 3.63) is 29.8 Å². The minimum absolute atomic E-state index is 0.0457. The van der Waals surface area contributed by atoms with Crippen molar-refractivity contribution >= 4 is 5.97 Å². The van der Waals surface area contributed by atoms with Crippen LogP contribution in [0.2, 0.25) is 0 Å². The molecule has 18 heavy (non-hydrogen) atoms. The van der Waals surface area contributed by atoms with Crippen molar-refractivity contribution in [3.63, 3.8) is 0 Å². The summed E-state index contributed by atoms with van der Waals surface area (Å²) in [6, 6.07) is 9.77. The van der Waals surface area contributed by atoms with Gasteiger partial charge in [0, 0.05) is 17.9 Å². The molecule has 94 valence electrons. The summed E-state index contributed by atoms with van der Waals surface area (Å²) in [5.41, 5.74) is 1.01. The van der Waals surface area contributed by atoms with Crippen molar-refractivity contribution in [1.29, 1.82) is 5.26 Å². The highest BCUT2D eigenvalue weighted by Gasteiger charge is 2.35. The fourth-order valence-corrected chi connectivity index (χ4v) is 2.25. The van der Waals surface area contributed by atoms with E-state index in [4.69, 9.17) is 14.7 Å². The van der Waals surface area contributed by atoms with E-state index in [0.29, 0.717) is 13.0 Å². The van der Waals surface area contributed by atoms with Gasteiger partial charge in [0.05, 0.1) is 19.1 Å². The Morgan fingerprint density at radius 3 is 3.00 bits per heavy atom. The molecule has 1 heterocycles. The van der Waals surface area contributed by atoms with Crippen LogP contribution in [0.25, 0.3) is 0 Å². The highest BCUT2D eigenvalue weighted by Crippen LogP contribution is 2.41. The van der Waals surface area contributed by atoms with Gasteiger partial charge in [-0.05, 0) is 13.0 Å². The molecule has 0 amide bonds. The Bertz CT molecular complexity index is 478. The van der Waals surface area contributed by atoms with E-state index in [2.05, 4.69) is 6.07 Å². The van der Waals surface area contributed by atoms with Gasteiger partial charge in [-0.3, -0.25) is 4.79 Å². The lowest BCUT2D eigenvalue weighted by molar-refractivity contribution is -0.145. The molecule has 2 unspecified atom stereocenters. The minimum Gasteiger partial charge on any atom is -0.489 e. The molecular formula is C14H15NO3. The molecule has 2 atom stereocenters. The molecule has 1 aromatic rings. The Morgan fingerprint density at radius 1 is 1.50 bits per heavy atom. The van der Waals surface area contributed by atoms with Crippen LogP contribution in [-0.4, -0.2) is 18.7 Å². The molecule has 0 spiro atoms. The predicted octanol–water partition coefficient (Wildman–Crippen LogP) is 2.40. The number of rotatable bonds is 4. The van der Waals surface area contributed by atoms with Crippen LogP contribution in [0.1, 0.15) is 31.2 Å². The summed E-state index contributed by atoms with van der Waals surface area (Å²) in [5.74, 6) is 0.445. The summed E-state index contributed by atoms with van der Waals surface area (Å²) in [7, 11) is 0. The Balaban J connectivity index is 2.14. The number of hydrogen-bond donors (Lipinski definition) is 0. The quantitative estimate of drug-likeness (QED) is 0.764. The summed E-state index contributed by atoms with van der Waals surface area (Å²) >= 11 is 0. The number of fused-ring (bicyclic) bond motifs is 1. The molecule has 0 aliphatic carbocycles. The van der Waals surface area contributed by atoms with Gasteiger partial charge in [-0.1, -0.05) is 18.2 Å². The Hall–Kier alpha value is -2.02. The third kappa shape index (κ3) is 2.45. The number of nitrogens with zero attached hydrogens (tertiary/aromatic N) is 1. The molecule has 0 radical (unpaired) electrons. The first-order valence-electron chi connectivity index (χ1n) is 6.04. The zero-order valence-electron chi connectivity index (χ0n) is 10.3. The summed E-state index contributed by atoms with van der Waals surface area (Å²) in [4.78, 5) is 11.5. The van der Waals surface area contributed by atoms with E-state index >= 15 is 0 Å². The Morgan fingerprint density at radius 2 is 2.28 bits per heavy atom. The second kappa shape index (κ2) is 5.54. The van der Waals surface area contributed by atoms with E-state index in [-0.39, 0.29) is 24.4 Å². The van der Waals surface area contributed by atoms with Gasteiger partial charge in [0.2, 0.25) is 0 Å². The molecule has 1 aromatic carbocycles. The standard InChI is InChI=1S/C14H15NO3/c1-2-17-14(16)9-13-11(7-8-15)10-5-3-4-6-12(10)18-13/h3-6,11,13H,2,7,9H2,1H3. The van der Waals surface area contributed by atoms with Crippen molar-refractivity contribution in [1.82, 2.24) is 0 Å². The van der Waals surface area contributed by atoms with Crippen molar-refractivity contribution in [2.75, 3.05) is 6.61 Å². The Labute approximate surface area is 106 Å². The van der Waals surface area contributed by atoms with Crippen molar-refractivity contribution < 1.29 is 14.3 Å². The molecule has 0 fully saturated rings. The van der Waals surface area contributed by atoms with Gasteiger partial charge < -0.3 is 9.47 Å². The van der Waals surface area contributed by atoms with Crippen molar-refractivity contribution in [3.8, 4) is 11.8 Å². The van der Waals surface area contributed by atoms with Crippen molar-refractivity contribution in [2.24, 2.45) is 0 Å². The number of carbonyl (C=O) groups is 1. The van der Waals surface area contributed by atoms with Crippen LogP contribution in [0.4, 0.5) is 0 Å². The molecule has 0 aromatic heterocycles. The van der Waals surface area contributed by atoms with Crippen LogP contribution in [0.3, 0.4) is 0 Å². The molecule has 0 saturated heterocycles. The molecule has 4 nitrogen and oxygen atoms in total. The molecular weight excluding hydrogens is 230 g/mol. The van der Waals surface area contributed by atoms with Gasteiger partial charge in [-0.2, -0.15) is 5.26 Å². The van der Waals surface area contributed by atoms with Crippen molar-refractivity contribution in [2.45, 2.75) is 31.8 Å². The number of carbonyl (C=O) groups excluding carboxylic acids is 1. The number of ether oxygens (including phenoxy) is 2. The average molecular weight is 245 g/mol. The molecule has 1 aliphatic heterocycles. The van der Waals surface area contributed by atoms with Gasteiger partial charge in [0.15, 0.2) is 0 Å². The molecule has 0 N–H and O–H groups in total. The molecule has 4 heteroatoms. The first-order chi connectivity index (χ1) is 8.76. The molecule has 0 bridgehead atoms. The van der Waals surface area contributed by atoms with Crippen LogP contribution in [0.5, 0.6) is 5.75 Å². The first-order valence-corrected chi connectivity index (χ1v) is 6.04. The van der Waals surface area contributed by atoms with Crippen LogP contribution >= 0.6 is 0 Å². The highest BCUT2D eigenvalue weighted by molar-refractivity contribution is 5.70. The van der Waals surface area contributed by atoms with E-state index in [0.717, 1.165) is 11.3 Å². The number of benzene rings is 1. The van der Waals surface area contributed by atoms with E-state index in [1.54, 1.807) is 6.92 Å². The lowest BCUT2D eigenvalue weighted by Gasteiger charge is -2.15. The van der Waals surface area contributed by atoms with E-state index < -0.39 is 0 Å².